The second kappa shape index (κ2) is 8.02. The zero-order valence-electron chi connectivity index (χ0n) is 8.95. The smallest absolute Gasteiger partial charge is 0.113 e. The first-order valence-electron chi connectivity index (χ1n) is 5.44. The Kier molecular flexibility index (Phi) is 6.28. The molecule has 1 aromatic rings. The summed E-state index contributed by atoms with van der Waals surface area (Å²) in [6, 6.07) is 5.75. The highest BCUT2D eigenvalue weighted by molar-refractivity contribution is 5.26. The number of unbranched alkanes of at least 4 members (excludes halogenated alkanes) is 4. The first-order valence-corrected chi connectivity index (χ1v) is 5.44. The summed E-state index contributed by atoms with van der Waals surface area (Å²) in [7, 11) is 0. The van der Waals surface area contributed by atoms with Gasteiger partial charge in [-0.2, -0.15) is 0 Å². The molecule has 15 heavy (non-hydrogen) atoms. The van der Waals surface area contributed by atoms with Crippen molar-refractivity contribution >= 4 is 0 Å². The number of aliphatic hydroxyl groups excluding tert-OH is 1. The fraction of sp³-hybridized carbons (Fsp3) is 0.462. The zero-order chi connectivity index (χ0) is 10.8. The van der Waals surface area contributed by atoms with Gasteiger partial charge in [0.2, 0.25) is 0 Å². The Morgan fingerprint density at radius 3 is 2.73 bits per heavy atom. The van der Waals surface area contributed by atoms with Crippen LogP contribution < -0.4 is 0 Å². The molecule has 2 heteroatoms. The Balaban J connectivity index is 2.12. The molecule has 0 bridgehead atoms. The van der Waals surface area contributed by atoms with E-state index in [1.807, 2.05) is 18.2 Å². The number of rotatable bonds is 5. The molecular weight excluding hydrogens is 186 g/mol. The van der Waals surface area contributed by atoms with Crippen LogP contribution in [0.4, 0.5) is 0 Å². The van der Waals surface area contributed by atoms with Crippen molar-refractivity contribution in [2.24, 2.45) is 0 Å². The van der Waals surface area contributed by atoms with Crippen LogP contribution in [0, 0.1) is 11.8 Å². The maximum atomic E-state index is 8.58. The van der Waals surface area contributed by atoms with Gasteiger partial charge in [-0.25, -0.2) is 4.98 Å². The van der Waals surface area contributed by atoms with Gasteiger partial charge in [-0.05, 0) is 30.9 Å². The SMILES string of the molecule is OCCCCCCC#Cc1ccccn1. The summed E-state index contributed by atoms with van der Waals surface area (Å²) < 4.78 is 0. The van der Waals surface area contributed by atoms with E-state index in [1.54, 1.807) is 6.20 Å². The van der Waals surface area contributed by atoms with E-state index >= 15 is 0 Å². The van der Waals surface area contributed by atoms with Crippen LogP contribution in [0.3, 0.4) is 0 Å². The van der Waals surface area contributed by atoms with E-state index in [2.05, 4.69) is 16.8 Å². The number of hydrogen-bond donors (Lipinski definition) is 1. The van der Waals surface area contributed by atoms with E-state index in [0.29, 0.717) is 6.61 Å². The molecule has 0 amide bonds. The molecule has 0 aliphatic heterocycles. The predicted octanol–water partition coefficient (Wildman–Crippen LogP) is 2.38. The molecule has 1 rings (SSSR count). The lowest BCUT2D eigenvalue weighted by Crippen LogP contribution is -1.83. The van der Waals surface area contributed by atoms with Crippen LogP contribution >= 0.6 is 0 Å². The monoisotopic (exact) mass is 203 g/mol. The molecule has 0 radical (unpaired) electrons. The van der Waals surface area contributed by atoms with E-state index in [9.17, 15) is 0 Å². The van der Waals surface area contributed by atoms with Crippen LogP contribution in [-0.4, -0.2) is 16.7 Å². The summed E-state index contributed by atoms with van der Waals surface area (Å²) in [5, 5.41) is 8.58. The number of aliphatic hydroxyl groups is 1. The number of pyridine rings is 1. The Labute approximate surface area is 91.4 Å². The van der Waals surface area contributed by atoms with Crippen molar-refractivity contribution in [2.45, 2.75) is 32.1 Å². The lowest BCUT2D eigenvalue weighted by atomic mass is 10.1. The van der Waals surface area contributed by atoms with Gasteiger partial charge in [0.1, 0.15) is 5.69 Å². The van der Waals surface area contributed by atoms with E-state index in [1.165, 1.54) is 0 Å². The van der Waals surface area contributed by atoms with Gasteiger partial charge in [-0.1, -0.05) is 24.8 Å². The van der Waals surface area contributed by atoms with Gasteiger partial charge in [0.15, 0.2) is 0 Å². The highest BCUT2D eigenvalue weighted by atomic mass is 16.2. The minimum atomic E-state index is 0.305. The van der Waals surface area contributed by atoms with Gasteiger partial charge in [0.05, 0.1) is 0 Å². The Morgan fingerprint density at radius 1 is 1.13 bits per heavy atom. The highest BCUT2D eigenvalue weighted by Gasteiger charge is 1.87. The normalized spacial score (nSPS) is 9.40. The molecular formula is C13H17NO. The van der Waals surface area contributed by atoms with Crippen molar-refractivity contribution < 1.29 is 5.11 Å². The Morgan fingerprint density at radius 2 is 2.00 bits per heavy atom. The molecule has 0 aliphatic carbocycles. The Bertz CT molecular complexity index is 310. The van der Waals surface area contributed by atoms with Crippen molar-refractivity contribution in [3.63, 3.8) is 0 Å². The van der Waals surface area contributed by atoms with Crippen LogP contribution in [-0.2, 0) is 0 Å². The van der Waals surface area contributed by atoms with Crippen LogP contribution in [0.15, 0.2) is 24.4 Å². The minimum absolute atomic E-state index is 0.305. The zero-order valence-corrected chi connectivity index (χ0v) is 8.95. The van der Waals surface area contributed by atoms with E-state index in [4.69, 9.17) is 5.11 Å². The summed E-state index contributed by atoms with van der Waals surface area (Å²) in [6.07, 6.45) is 6.94. The lowest BCUT2D eigenvalue weighted by molar-refractivity contribution is 0.282. The summed E-state index contributed by atoms with van der Waals surface area (Å²) in [5.74, 6) is 6.13. The molecule has 0 fully saturated rings. The van der Waals surface area contributed by atoms with Crippen LogP contribution in [0.25, 0.3) is 0 Å². The van der Waals surface area contributed by atoms with E-state index in [-0.39, 0.29) is 0 Å². The van der Waals surface area contributed by atoms with Crippen molar-refractivity contribution in [3.05, 3.63) is 30.1 Å². The molecule has 0 aliphatic rings. The average molecular weight is 203 g/mol. The predicted molar refractivity (Wildman–Crippen MR) is 61.3 cm³/mol. The van der Waals surface area contributed by atoms with Crippen LogP contribution in [0.5, 0.6) is 0 Å². The van der Waals surface area contributed by atoms with Crippen LogP contribution in [0.2, 0.25) is 0 Å². The number of hydrogen-bond acceptors (Lipinski definition) is 2. The second-order valence-corrected chi connectivity index (χ2v) is 3.40. The third-order valence-corrected chi connectivity index (χ3v) is 2.09. The molecule has 80 valence electrons. The van der Waals surface area contributed by atoms with E-state index in [0.717, 1.165) is 37.8 Å². The van der Waals surface area contributed by atoms with Crippen molar-refractivity contribution in [2.75, 3.05) is 6.61 Å². The van der Waals surface area contributed by atoms with E-state index < -0.39 is 0 Å². The van der Waals surface area contributed by atoms with Crippen molar-refractivity contribution in [1.82, 2.24) is 4.98 Å². The average Bonchev–Trinajstić information content (AvgIpc) is 2.29. The molecule has 1 heterocycles. The summed E-state index contributed by atoms with van der Waals surface area (Å²) in [5.41, 5.74) is 0.841. The summed E-state index contributed by atoms with van der Waals surface area (Å²) >= 11 is 0. The van der Waals surface area contributed by atoms with Crippen molar-refractivity contribution in [3.8, 4) is 11.8 Å². The summed E-state index contributed by atoms with van der Waals surface area (Å²) in [4.78, 5) is 4.12. The molecule has 1 N–H and O–H groups in total. The third kappa shape index (κ3) is 5.87. The molecule has 0 aromatic carbocycles. The fourth-order valence-corrected chi connectivity index (χ4v) is 1.27. The maximum Gasteiger partial charge on any atom is 0.113 e. The van der Waals surface area contributed by atoms with Gasteiger partial charge in [0, 0.05) is 19.2 Å². The standard InChI is InChI=1S/C13H17NO/c15-12-8-4-2-1-3-5-9-13-10-6-7-11-14-13/h6-7,10-11,15H,1-4,8,12H2. The molecule has 0 saturated heterocycles. The van der Waals surface area contributed by atoms with Crippen LogP contribution in [0.1, 0.15) is 37.8 Å². The first kappa shape index (κ1) is 11.7. The Hall–Kier alpha value is -1.33. The molecule has 0 unspecified atom stereocenters. The van der Waals surface area contributed by atoms with Gasteiger partial charge in [-0.15, -0.1) is 0 Å². The summed E-state index contributed by atoms with van der Waals surface area (Å²) in [6.45, 7) is 0.305. The third-order valence-electron chi connectivity index (χ3n) is 2.09. The molecule has 1 aromatic heterocycles. The first-order chi connectivity index (χ1) is 7.43. The van der Waals surface area contributed by atoms with Gasteiger partial charge < -0.3 is 5.11 Å². The van der Waals surface area contributed by atoms with Gasteiger partial charge >= 0.3 is 0 Å². The van der Waals surface area contributed by atoms with Crippen molar-refractivity contribution in [1.29, 1.82) is 0 Å². The largest absolute Gasteiger partial charge is 0.396 e. The van der Waals surface area contributed by atoms with Gasteiger partial charge in [-0.3, -0.25) is 0 Å². The quantitative estimate of drug-likeness (QED) is 0.588. The highest BCUT2D eigenvalue weighted by Crippen LogP contribution is 2.01. The lowest BCUT2D eigenvalue weighted by Gasteiger charge is -1.94. The van der Waals surface area contributed by atoms with Gasteiger partial charge in [0.25, 0.3) is 0 Å². The molecule has 2 nitrogen and oxygen atoms in total. The molecule has 0 saturated carbocycles. The topological polar surface area (TPSA) is 33.1 Å². The molecule has 0 spiro atoms. The number of aromatic nitrogens is 1. The fourth-order valence-electron chi connectivity index (χ4n) is 1.27. The maximum absolute atomic E-state index is 8.58. The molecule has 0 atom stereocenters. The minimum Gasteiger partial charge on any atom is -0.396 e. The number of nitrogens with zero attached hydrogens (tertiary/aromatic N) is 1. The second-order valence-electron chi connectivity index (χ2n) is 3.40.